The molecule has 4 nitrogen and oxygen atoms in total. The van der Waals surface area contributed by atoms with Crippen LogP contribution in [0.5, 0.6) is 0 Å². The predicted octanol–water partition coefficient (Wildman–Crippen LogP) is 4.17. The number of hydrogen-bond acceptors (Lipinski definition) is 4. The second-order valence-corrected chi connectivity index (χ2v) is 6.68. The lowest BCUT2D eigenvalue weighted by Crippen LogP contribution is -2.24. The number of anilines is 2. The quantitative estimate of drug-likeness (QED) is 0.790. The van der Waals surface area contributed by atoms with Gasteiger partial charge in [-0.05, 0) is 44.9 Å². The fourth-order valence-electron chi connectivity index (χ4n) is 3.22. The van der Waals surface area contributed by atoms with Crippen LogP contribution in [-0.4, -0.2) is 22.6 Å². The molecule has 0 saturated heterocycles. The Kier molecular flexibility index (Phi) is 4.61. The van der Waals surface area contributed by atoms with Crippen LogP contribution >= 0.6 is 0 Å². The lowest BCUT2D eigenvalue weighted by molar-refractivity contribution is 0.481. The van der Waals surface area contributed by atoms with Crippen molar-refractivity contribution in [2.45, 2.75) is 70.8 Å². The van der Waals surface area contributed by atoms with Gasteiger partial charge in [-0.15, -0.1) is 0 Å². The molecule has 1 aromatic rings. The van der Waals surface area contributed by atoms with Crippen LogP contribution < -0.4 is 10.6 Å². The summed E-state index contributed by atoms with van der Waals surface area (Å²) < 4.78 is 0. The average molecular weight is 288 g/mol. The molecule has 21 heavy (non-hydrogen) atoms. The van der Waals surface area contributed by atoms with Gasteiger partial charge in [0.2, 0.25) is 0 Å². The van der Waals surface area contributed by atoms with E-state index in [1.165, 1.54) is 38.5 Å². The summed E-state index contributed by atoms with van der Waals surface area (Å²) in [5.41, 5.74) is 0. The van der Waals surface area contributed by atoms with E-state index in [2.05, 4.69) is 35.5 Å². The van der Waals surface area contributed by atoms with Crippen molar-refractivity contribution in [1.29, 1.82) is 0 Å². The Morgan fingerprint density at radius 2 is 1.86 bits per heavy atom. The molecule has 0 amide bonds. The smallest absolute Gasteiger partial charge is 0.136 e. The Labute approximate surface area is 128 Å². The molecule has 2 aliphatic rings. The Hall–Kier alpha value is -1.32. The molecule has 2 fully saturated rings. The first-order chi connectivity index (χ1) is 10.3. The second-order valence-electron chi connectivity index (χ2n) is 6.68. The van der Waals surface area contributed by atoms with Crippen LogP contribution in [0.3, 0.4) is 0 Å². The third-order valence-electron chi connectivity index (χ3n) is 4.72. The van der Waals surface area contributed by atoms with Crippen LogP contribution in [0.25, 0.3) is 0 Å². The Morgan fingerprint density at radius 1 is 1.14 bits per heavy atom. The maximum Gasteiger partial charge on any atom is 0.136 e. The van der Waals surface area contributed by atoms with Gasteiger partial charge in [-0.2, -0.15) is 0 Å². The van der Waals surface area contributed by atoms with Crippen molar-refractivity contribution in [2.75, 3.05) is 17.2 Å². The zero-order valence-corrected chi connectivity index (χ0v) is 13.4. The van der Waals surface area contributed by atoms with E-state index >= 15 is 0 Å². The lowest BCUT2D eigenvalue weighted by atomic mass is 10.00. The predicted molar refractivity (Wildman–Crippen MR) is 87.8 cm³/mol. The highest BCUT2D eigenvalue weighted by atomic mass is 15.1. The summed E-state index contributed by atoms with van der Waals surface area (Å²) >= 11 is 0. The first-order valence-electron chi connectivity index (χ1n) is 8.65. The molecule has 116 valence electrons. The van der Waals surface area contributed by atoms with Gasteiger partial charge < -0.3 is 10.6 Å². The van der Waals surface area contributed by atoms with Gasteiger partial charge in [0.05, 0.1) is 0 Å². The van der Waals surface area contributed by atoms with Crippen molar-refractivity contribution < 1.29 is 0 Å². The highest BCUT2D eigenvalue weighted by Crippen LogP contribution is 2.39. The second kappa shape index (κ2) is 6.63. The molecule has 1 atom stereocenters. The van der Waals surface area contributed by atoms with Crippen LogP contribution in [0.15, 0.2) is 6.07 Å². The van der Waals surface area contributed by atoms with Crippen molar-refractivity contribution in [1.82, 2.24) is 9.97 Å². The molecule has 2 saturated carbocycles. The minimum Gasteiger partial charge on any atom is -0.370 e. The average Bonchev–Trinajstić information content (AvgIpc) is 3.19. The molecule has 1 unspecified atom stereocenters. The summed E-state index contributed by atoms with van der Waals surface area (Å²) in [5, 5.41) is 7.04. The SMILES string of the molecule is CCCNc1cc(NC(C)C2CCCC2)nc(C2CC2)n1. The van der Waals surface area contributed by atoms with Gasteiger partial charge in [0, 0.05) is 24.6 Å². The minimum atomic E-state index is 0.508. The van der Waals surface area contributed by atoms with Gasteiger partial charge in [0.15, 0.2) is 0 Å². The van der Waals surface area contributed by atoms with E-state index in [-0.39, 0.29) is 0 Å². The van der Waals surface area contributed by atoms with Crippen LogP contribution in [0.2, 0.25) is 0 Å². The molecule has 0 aliphatic heterocycles. The Bertz CT molecular complexity index is 464. The standard InChI is InChI=1S/C17H28N4/c1-3-10-18-15-11-16(21-17(20-15)14-8-9-14)19-12(2)13-6-4-5-7-13/h11-14H,3-10H2,1-2H3,(H2,18,19,20,21). The molecule has 2 aliphatic carbocycles. The van der Waals surface area contributed by atoms with E-state index in [1.807, 2.05) is 0 Å². The van der Waals surface area contributed by atoms with E-state index in [0.29, 0.717) is 12.0 Å². The minimum absolute atomic E-state index is 0.508. The van der Waals surface area contributed by atoms with Gasteiger partial charge in [-0.25, -0.2) is 9.97 Å². The van der Waals surface area contributed by atoms with Gasteiger partial charge in [0.25, 0.3) is 0 Å². The molecule has 0 radical (unpaired) electrons. The van der Waals surface area contributed by atoms with Crippen molar-refractivity contribution in [3.63, 3.8) is 0 Å². The highest BCUT2D eigenvalue weighted by molar-refractivity contribution is 5.48. The first kappa shape index (κ1) is 14.6. The van der Waals surface area contributed by atoms with Crippen LogP contribution in [0.1, 0.15) is 70.5 Å². The largest absolute Gasteiger partial charge is 0.370 e. The summed E-state index contributed by atoms with van der Waals surface area (Å²) in [7, 11) is 0. The van der Waals surface area contributed by atoms with Gasteiger partial charge in [-0.1, -0.05) is 19.8 Å². The van der Waals surface area contributed by atoms with Crippen LogP contribution in [-0.2, 0) is 0 Å². The first-order valence-corrected chi connectivity index (χ1v) is 8.65. The molecular formula is C17H28N4. The van der Waals surface area contributed by atoms with Crippen molar-refractivity contribution in [3.05, 3.63) is 11.9 Å². The zero-order chi connectivity index (χ0) is 14.7. The number of nitrogens with zero attached hydrogens (tertiary/aromatic N) is 2. The van der Waals surface area contributed by atoms with Crippen LogP contribution in [0.4, 0.5) is 11.6 Å². The summed E-state index contributed by atoms with van der Waals surface area (Å²) in [6, 6.07) is 2.58. The third kappa shape index (κ3) is 3.86. The van der Waals surface area contributed by atoms with E-state index < -0.39 is 0 Å². The van der Waals surface area contributed by atoms with Crippen molar-refractivity contribution in [2.24, 2.45) is 5.92 Å². The molecule has 1 aromatic heterocycles. The molecule has 0 aromatic carbocycles. The zero-order valence-electron chi connectivity index (χ0n) is 13.4. The number of hydrogen-bond donors (Lipinski definition) is 2. The van der Waals surface area contributed by atoms with E-state index in [1.54, 1.807) is 0 Å². The maximum atomic E-state index is 4.75. The van der Waals surface area contributed by atoms with Crippen LogP contribution in [0, 0.1) is 5.92 Å². The summed E-state index contributed by atoms with van der Waals surface area (Å²) in [5.74, 6) is 4.41. The highest BCUT2D eigenvalue weighted by Gasteiger charge is 2.28. The van der Waals surface area contributed by atoms with E-state index in [9.17, 15) is 0 Å². The summed E-state index contributed by atoms with van der Waals surface area (Å²) in [4.78, 5) is 9.43. The van der Waals surface area contributed by atoms with E-state index in [4.69, 9.17) is 4.98 Å². The lowest BCUT2D eigenvalue weighted by Gasteiger charge is -2.21. The normalized spacial score (nSPS) is 20.5. The fraction of sp³-hybridized carbons (Fsp3) is 0.765. The number of nitrogens with one attached hydrogen (secondary N) is 2. The monoisotopic (exact) mass is 288 g/mol. The summed E-state index contributed by atoms with van der Waals surface area (Å²) in [6.07, 6.45) is 9.09. The van der Waals surface area contributed by atoms with Crippen molar-refractivity contribution >= 4 is 11.6 Å². The number of rotatable bonds is 7. The van der Waals surface area contributed by atoms with Gasteiger partial charge in [-0.3, -0.25) is 0 Å². The van der Waals surface area contributed by atoms with Gasteiger partial charge >= 0.3 is 0 Å². The molecular weight excluding hydrogens is 260 g/mol. The van der Waals surface area contributed by atoms with E-state index in [0.717, 1.165) is 36.3 Å². The maximum absolute atomic E-state index is 4.75. The fourth-order valence-corrected chi connectivity index (χ4v) is 3.22. The third-order valence-corrected chi connectivity index (χ3v) is 4.72. The molecule has 4 heteroatoms. The topological polar surface area (TPSA) is 49.8 Å². The van der Waals surface area contributed by atoms with Crippen molar-refractivity contribution in [3.8, 4) is 0 Å². The molecule has 0 spiro atoms. The molecule has 1 heterocycles. The molecule has 0 bridgehead atoms. The molecule has 2 N–H and O–H groups in total. The number of aromatic nitrogens is 2. The Balaban J connectivity index is 1.71. The molecule has 3 rings (SSSR count). The summed E-state index contributed by atoms with van der Waals surface area (Å²) in [6.45, 7) is 5.45. The Morgan fingerprint density at radius 3 is 2.52 bits per heavy atom. The van der Waals surface area contributed by atoms with Gasteiger partial charge in [0.1, 0.15) is 17.5 Å².